The molecule has 3 N–H and O–H groups in total. The maximum atomic E-state index is 8.56. The molecule has 0 aromatic carbocycles. The van der Waals surface area contributed by atoms with E-state index in [1.807, 2.05) is 0 Å². The van der Waals surface area contributed by atoms with Gasteiger partial charge in [0.15, 0.2) is 0 Å². The second-order valence-corrected chi connectivity index (χ2v) is 2.45. The summed E-state index contributed by atoms with van der Waals surface area (Å²) in [6.45, 7) is 5.23. The van der Waals surface area contributed by atoms with Crippen LogP contribution in [0.25, 0.3) is 0 Å². The smallest absolute Gasteiger partial charge is 1.00 e. The Morgan fingerprint density at radius 1 is 1.30 bits per heavy atom. The van der Waals surface area contributed by atoms with Crippen molar-refractivity contribution in [3.63, 3.8) is 0 Å². The van der Waals surface area contributed by atoms with Crippen LogP contribution >= 0.6 is 0 Å². The fraction of sp³-hybridized carbons (Fsp3) is 0.800. The number of rotatable bonds is 0. The van der Waals surface area contributed by atoms with Crippen molar-refractivity contribution in [3.8, 4) is 0 Å². The normalized spacial score (nSPS) is 8.40. The molecule has 0 spiro atoms. The van der Waals surface area contributed by atoms with Crippen LogP contribution in [0.1, 0.15) is 22.2 Å². The molecule has 0 radical (unpaired) electrons. The Morgan fingerprint density at radius 2 is 1.30 bits per heavy atom. The summed E-state index contributed by atoms with van der Waals surface area (Å²) in [6, 6.07) is 0. The molecule has 0 amide bonds. The maximum absolute atomic E-state index is 8.56. The van der Waals surface area contributed by atoms with Gasteiger partial charge in [-0.2, -0.15) is 0 Å². The van der Waals surface area contributed by atoms with Gasteiger partial charge in [-0.05, 0) is 20.8 Å². The number of hydrogen-bond acceptors (Lipinski definition) is 2. The zero-order valence-corrected chi connectivity index (χ0v) is 9.87. The molecule has 0 saturated heterocycles. The van der Waals surface area contributed by atoms with Crippen molar-refractivity contribution in [3.05, 3.63) is 0 Å². The molecule has 0 aliphatic rings. The van der Waals surface area contributed by atoms with Crippen molar-refractivity contribution in [2.75, 3.05) is 0 Å². The van der Waals surface area contributed by atoms with Gasteiger partial charge in [0.25, 0.3) is 0 Å². The first-order chi connectivity index (χ1) is 3.73. The molecule has 0 aliphatic carbocycles. The van der Waals surface area contributed by atoms with Gasteiger partial charge in [-0.25, -0.2) is 4.79 Å². The van der Waals surface area contributed by atoms with E-state index >= 15 is 0 Å². The van der Waals surface area contributed by atoms with Gasteiger partial charge in [-0.15, -0.1) is 0 Å². The summed E-state index contributed by atoms with van der Waals surface area (Å²) in [6.07, 6.45) is -1.83. The van der Waals surface area contributed by atoms with Gasteiger partial charge in [0.1, 0.15) is 0 Å². The molecule has 0 saturated carbocycles. The van der Waals surface area contributed by atoms with Crippen molar-refractivity contribution in [1.29, 1.82) is 0 Å². The zero-order chi connectivity index (χ0) is 8.08. The number of hydrogen-bond donors (Lipinski definition) is 3. The van der Waals surface area contributed by atoms with Crippen molar-refractivity contribution in [1.82, 2.24) is 0 Å². The first-order valence-corrected chi connectivity index (χ1v) is 2.37. The van der Waals surface area contributed by atoms with Gasteiger partial charge in [-0.1, -0.05) is 0 Å². The third-order valence-electron chi connectivity index (χ3n) is 0. The van der Waals surface area contributed by atoms with Gasteiger partial charge < -0.3 is 16.7 Å². The number of carboxylic acid groups (broad SMARTS) is 2. The van der Waals surface area contributed by atoms with E-state index in [1.165, 1.54) is 0 Å². The van der Waals surface area contributed by atoms with Crippen LogP contribution in [0.15, 0.2) is 0 Å². The molecular formula is C5H13KO4. The quantitative estimate of drug-likeness (QED) is 0.377. The first kappa shape index (κ1) is 17.1. The second kappa shape index (κ2) is 7.97. The topological polar surface area (TPSA) is 77.8 Å². The van der Waals surface area contributed by atoms with Gasteiger partial charge >= 0.3 is 57.5 Å². The zero-order valence-electron chi connectivity index (χ0n) is 7.75. The Labute approximate surface area is 104 Å². The van der Waals surface area contributed by atoms with Crippen molar-refractivity contribution in [2.24, 2.45) is 0 Å². The minimum atomic E-state index is -1.83. The van der Waals surface area contributed by atoms with Gasteiger partial charge in [0.05, 0.1) is 5.60 Å². The van der Waals surface area contributed by atoms with E-state index in [2.05, 4.69) is 0 Å². The Hall–Kier alpha value is 0.866. The number of carbonyl (C=O) groups is 1. The van der Waals surface area contributed by atoms with Crippen LogP contribution in [0, 0.1) is 0 Å². The molecule has 0 heterocycles. The van der Waals surface area contributed by atoms with E-state index in [4.69, 9.17) is 20.1 Å². The number of aliphatic hydroxyl groups is 1. The summed E-state index contributed by atoms with van der Waals surface area (Å²) in [7, 11) is 0. The molecule has 0 unspecified atom stereocenters. The van der Waals surface area contributed by atoms with Crippen LogP contribution in [0.5, 0.6) is 0 Å². The van der Waals surface area contributed by atoms with Crippen LogP contribution in [0.4, 0.5) is 4.79 Å². The van der Waals surface area contributed by atoms with Crippen LogP contribution in [0.3, 0.4) is 0 Å². The van der Waals surface area contributed by atoms with E-state index < -0.39 is 11.8 Å². The van der Waals surface area contributed by atoms with Crippen LogP contribution < -0.4 is 51.4 Å². The molecule has 0 bridgehead atoms. The summed E-state index contributed by atoms with van der Waals surface area (Å²) >= 11 is 0. The molecule has 0 aromatic heterocycles. The summed E-state index contributed by atoms with van der Waals surface area (Å²) < 4.78 is 0. The maximum Gasteiger partial charge on any atom is 1.00 e. The molecule has 10 heavy (non-hydrogen) atoms. The minimum absolute atomic E-state index is 0. The van der Waals surface area contributed by atoms with Crippen molar-refractivity contribution >= 4 is 6.16 Å². The molecule has 0 atom stereocenters. The van der Waals surface area contributed by atoms with Crippen LogP contribution in [-0.4, -0.2) is 27.1 Å². The summed E-state index contributed by atoms with van der Waals surface area (Å²) in [4.78, 5) is 8.56. The average molecular weight is 176 g/mol. The fourth-order valence-electron chi connectivity index (χ4n) is 0. The Morgan fingerprint density at radius 3 is 1.30 bits per heavy atom. The largest absolute Gasteiger partial charge is 1.00 e. The molecule has 0 fully saturated rings. The summed E-state index contributed by atoms with van der Waals surface area (Å²) in [5.41, 5.74) is -0.500. The standard InChI is InChI=1S/C4H10O.CH2O3.K.H/c1-4(2,3)5;2-1(3)4;;/h5H,1-3H3;(H2,2,3,4);;/q;;+1;-1. The Balaban J connectivity index is -0.0000000383. The van der Waals surface area contributed by atoms with Gasteiger partial charge in [-0.3, -0.25) is 0 Å². The van der Waals surface area contributed by atoms with E-state index in [1.54, 1.807) is 20.8 Å². The SMILES string of the molecule is CC(C)(C)O.O=C(O)O.[H-].[K+]. The summed E-state index contributed by atoms with van der Waals surface area (Å²) in [5, 5.41) is 22.5. The molecule has 0 aliphatic heterocycles. The van der Waals surface area contributed by atoms with E-state index in [0.717, 1.165) is 0 Å². The van der Waals surface area contributed by atoms with Gasteiger partial charge in [0.2, 0.25) is 0 Å². The predicted octanol–water partition coefficient (Wildman–Crippen LogP) is -1.88. The second-order valence-electron chi connectivity index (χ2n) is 2.45. The summed E-state index contributed by atoms with van der Waals surface area (Å²) in [5.74, 6) is 0. The molecule has 0 aromatic rings. The Kier molecular flexibility index (Phi) is 13.6. The fourth-order valence-corrected chi connectivity index (χ4v) is 0. The van der Waals surface area contributed by atoms with Crippen LogP contribution in [0.2, 0.25) is 0 Å². The van der Waals surface area contributed by atoms with Gasteiger partial charge in [0, 0.05) is 0 Å². The third-order valence-corrected chi connectivity index (χ3v) is 0. The molecule has 0 rings (SSSR count). The monoisotopic (exact) mass is 176 g/mol. The Bertz CT molecular complexity index is 81.0. The average Bonchev–Trinajstić information content (AvgIpc) is 1.19. The minimum Gasteiger partial charge on any atom is -1.00 e. The van der Waals surface area contributed by atoms with E-state index in [9.17, 15) is 0 Å². The molecule has 5 heteroatoms. The van der Waals surface area contributed by atoms with Crippen molar-refractivity contribution < 1.29 is 72.9 Å². The molecular weight excluding hydrogens is 163 g/mol. The van der Waals surface area contributed by atoms with Crippen LogP contribution in [-0.2, 0) is 0 Å². The first-order valence-electron chi connectivity index (χ1n) is 2.37. The predicted molar refractivity (Wildman–Crippen MR) is 33.7 cm³/mol. The third kappa shape index (κ3) is 731. The molecule has 58 valence electrons. The van der Waals surface area contributed by atoms with Crippen molar-refractivity contribution in [2.45, 2.75) is 26.4 Å². The van der Waals surface area contributed by atoms with E-state index in [-0.39, 0.29) is 52.8 Å². The van der Waals surface area contributed by atoms with E-state index in [0.29, 0.717) is 0 Å². The molecule has 4 nitrogen and oxygen atoms in total.